The molecule has 0 heterocycles. The first-order valence-corrected chi connectivity index (χ1v) is 6.95. The minimum absolute atomic E-state index is 0.311. The van der Waals surface area contributed by atoms with Gasteiger partial charge in [0.15, 0.2) is 6.29 Å². The first kappa shape index (κ1) is 14.0. The van der Waals surface area contributed by atoms with Crippen molar-refractivity contribution in [3.05, 3.63) is 54.1 Å². The Hall–Kier alpha value is -1.38. The van der Waals surface area contributed by atoms with E-state index in [1.165, 1.54) is 0 Å². The summed E-state index contributed by atoms with van der Waals surface area (Å²) in [5, 5.41) is 10.3. The molecule has 0 saturated carbocycles. The fourth-order valence-corrected chi connectivity index (χ4v) is 2.46. The van der Waals surface area contributed by atoms with Gasteiger partial charge in [0.2, 0.25) is 0 Å². The SMILES string of the molecule is C=Cc1ccc(C(O)OC2(CC)C=CCCC2)cc1. The maximum absolute atomic E-state index is 10.3. The number of rotatable bonds is 5. The zero-order valence-corrected chi connectivity index (χ0v) is 11.5. The number of ether oxygens (including phenoxy) is 1. The van der Waals surface area contributed by atoms with Crippen LogP contribution in [0.15, 0.2) is 43.0 Å². The molecular formula is C17H22O2. The lowest BCUT2D eigenvalue weighted by molar-refractivity contribution is -0.176. The fraction of sp³-hybridized carbons (Fsp3) is 0.412. The first-order chi connectivity index (χ1) is 9.19. The van der Waals surface area contributed by atoms with E-state index in [9.17, 15) is 5.11 Å². The van der Waals surface area contributed by atoms with Gasteiger partial charge in [-0.05, 0) is 31.2 Å². The van der Waals surface area contributed by atoms with E-state index in [1.807, 2.05) is 24.3 Å². The molecule has 1 aliphatic rings. The van der Waals surface area contributed by atoms with E-state index in [1.54, 1.807) is 6.08 Å². The molecule has 0 bridgehead atoms. The molecule has 0 saturated heterocycles. The number of benzene rings is 1. The summed E-state index contributed by atoms with van der Waals surface area (Å²) in [5.74, 6) is 0. The van der Waals surface area contributed by atoms with Gasteiger partial charge in [0, 0.05) is 5.56 Å². The molecule has 2 atom stereocenters. The molecule has 0 aliphatic heterocycles. The van der Waals surface area contributed by atoms with Crippen molar-refractivity contribution in [3.63, 3.8) is 0 Å². The van der Waals surface area contributed by atoms with Crippen LogP contribution in [-0.2, 0) is 4.74 Å². The normalized spacial score (nSPS) is 24.1. The molecule has 0 aromatic heterocycles. The average molecular weight is 258 g/mol. The Bertz CT molecular complexity index is 447. The molecule has 19 heavy (non-hydrogen) atoms. The highest BCUT2D eigenvalue weighted by Crippen LogP contribution is 2.33. The van der Waals surface area contributed by atoms with Crippen molar-refractivity contribution in [2.75, 3.05) is 0 Å². The van der Waals surface area contributed by atoms with Gasteiger partial charge in [-0.15, -0.1) is 0 Å². The van der Waals surface area contributed by atoms with Crippen LogP contribution in [0, 0.1) is 0 Å². The molecule has 2 rings (SSSR count). The molecule has 0 radical (unpaired) electrons. The third-order valence-electron chi connectivity index (χ3n) is 3.79. The summed E-state index contributed by atoms with van der Waals surface area (Å²) in [5.41, 5.74) is 1.52. The van der Waals surface area contributed by atoms with Crippen molar-refractivity contribution in [1.29, 1.82) is 0 Å². The standard InChI is InChI=1S/C17H22O2/c1-3-14-8-10-15(11-9-14)16(18)19-17(4-2)12-6-5-7-13-17/h3,6,8-12,16,18H,1,4-5,7,13H2,2H3. The summed E-state index contributed by atoms with van der Waals surface area (Å²) >= 11 is 0. The lowest BCUT2D eigenvalue weighted by Crippen LogP contribution is -2.32. The summed E-state index contributed by atoms with van der Waals surface area (Å²) < 4.78 is 5.93. The quantitative estimate of drug-likeness (QED) is 0.632. The van der Waals surface area contributed by atoms with E-state index in [-0.39, 0.29) is 5.60 Å². The second kappa shape index (κ2) is 6.18. The van der Waals surface area contributed by atoms with Gasteiger partial charge in [-0.3, -0.25) is 0 Å². The van der Waals surface area contributed by atoms with Crippen LogP contribution in [-0.4, -0.2) is 10.7 Å². The number of aliphatic hydroxyl groups is 1. The third-order valence-corrected chi connectivity index (χ3v) is 3.79. The summed E-state index contributed by atoms with van der Waals surface area (Å²) in [6, 6.07) is 7.64. The Morgan fingerprint density at radius 1 is 1.42 bits per heavy atom. The van der Waals surface area contributed by atoms with Crippen LogP contribution < -0.4 is 0 Å². The zero-order valence-electron chi connectivity index (χ0n) is 11.5. The van der Waals surface area contributed by atoms with Crippen molar-refractivity contribution < 1.29 is 9.84 Å². The highest BCUT2D eigenvalue weighted by molar-refractivity contribution is 5.47. The highest BCUT2D eigenvalue weighted by Gasteiger charge is 2.30. The van der Waals surface area contributed by atoms with Crippen LogP contribution in [0.1, 0.15) is 50.0 Å². The number of allylic oxidation sites excluding steroid dienone is 1. The van der Waals surface area contributed by atoms with Gasteiger partial charge < -0.3 is 9.84 Å². The van der Waals surface area contributed by atoms with Crippen LogP contribution in [0.5, 0.6) is 0 Å². The van der Waals surface area contributed by atoms with Crippen molar-refractivity contribution >= 4 is 6.08 Å². The minimum Gasteiger partial charge on any atom is -0.364 e. The molecule has 1 aliphatic carbocycles. The maximum atomic E-state index is 10.3. The lowest BCUT2D eigenvalue weighted by Gasteiger charge is -2.34. The molecule has 0 fully saturated rings. The van der Waals surface area contributed by atoms with Crippen LogP contribution in [0.4, 0.5) is 0 Å². The van der Waals surface area contributed by atoms with Gasteiger partial charge in [0.1, 0.15) is 0 Å². The van der Waals surface area contributed by atoms with Gasteiger partial charge in [-0.2, -0.15) is 0 Å². The summed E-state index contributed by atoms with van der Waals surface area (Å²) in [6.45, 7) is 5.82. The summed E-state index contributed by atoms with van der Waals surface area (Å²) in [7, 11) is 0. The van der Waals surface area contributed by atoms with E-state index in [0.29, 0.717) is 0 Å². The molecule has 0 amide bonds. The highest BCUT2D eigenvalue weighted by atomic mass is 16.6. The van der Waals surface area contributed by atoms with E-state index in [4.69, 9.17) is 4.74 Å². The lowest BCUT2D eigenvalue weighted by atomic mass is 9.88. The Kier molecular flexibility index (Phi) is 4.56. The van der Waals surface area contributed by atoms with E-state index >= 15 is 0 Å². The molecule has 2 heteroatoms. The predicted octanol–water partition coefficient (Wildman–Crippen LogP) is 4.23. The topological polar surface area (TPSA) is 29.5 Å². The molecular weight excluding hydrogens is 236 g/mol. The largest absolute Gasteiger partial charge is 0.364 e. The van der Waals surface area contributed by atoms with Gasteiger partial charge in [0.05, 0.1) is 5.60 Å². The zero-order chi connectivity index (χ0) is 13.7. The molecule has 1 aromatic rings. The Morgan fingerprint density at radius 2 is 2.16 bits per heavy atom. The van der Waals surface area contributed by atoms with Crippen molar-refractivity contribution in [3.8, 4) is 0 Å². The van der Waals surface area contributed by atoms with Gasteiger partial charge in [0.25, 0.3) is 0 Å². The Balaban J connectivity index is 2.10. The van der Waals surface area contributed by atoms with Gasteiger partial charge in [-0.25, -0.2) is 0 Å². The van der Waals surface area contributed by atoms with Gasteiger partial charge >= 0.3 is 0 Å². The molecule has 102 valence electrons. The number of aliphatic hydroxyl groups excluding tert-OH is 1. The molecule has 0 spiro atoms. The van der Waals surface area contributed by atoms with Crippen molar-refractivity contribution in [2.45, 2.75) is 44.5 Å². The second-order valence-corrected chi connectivity index (χ2v) is 5.05. The van der Waals surface area contributed by atoms with Crippen LogP contribution in [0.2, 0.25) is 0 Å². The van der Waals surface area contributed by atoms with Crippen LogP contribution in [0.25, 0.3) is 6.08 Å². The summed E-state index contributed by atoms with van der Waals surface area (Å²) in [6.07, 6.45) is 9.25. The van der Waals surface area contributed by atoms with Crippen LogP contribution >= 0.6 is 0 Å². The molecule has 2 unspecified atom stereocenters. The molecule has 2 nitrogen and oxygen atoms in total. The molecule has 1 N–H and O–H groups in total. The van der Waals surface area contributed by atoms with E-state index in [2.05, 4.69) is 25.7 Å². The fourth-order valence-electron chi connectivity index (χ4n) is 2.46. The van der Waals surface area contributed by atoms with E-state index in [0.717, 1.165) is 36.8 Å². The smallest absolute Gasteiger partial charge is 0.182 e. The number of hydrogen-bond acceptors (Lipinski definition) is 2. The Labute approximate surface area is 115 Å². The number of hydrogen-bond donors (Lipinski definition) is 1. The minimum atomic E-state index is -0.874. The monoisotopic (exact) mass is 258 g/mol. The van der Waals surface area contributed by atoms with E-state index < -0.39 is 6.29 Å². The van der Waals surface area contributed by atoms with Crippen molar-refractivity contribution in [2.24, 2.45) is 0 Å². The first-order valence-electron chi connectivity index (χ1n) is 6.95. The predicted molar refractivity (Wildman–Crippen MR) is 78.6 cm³/mol. The van der Waals surface area contributed by atoms with Crippen molar-refractivity contribution in [1.82, 2.24) is 0 Å². The average Bonchev–Trinajstić information content (AvgIpc) is 2.48. The van der Waals surface area contributed by atoms with Gasteiger partial charge in [-0.1, -0.05) is 56.0 Å². The maximum Gasteiger partial charge on any atom is 0.182 e. The summed E-state index contributed by atoms with van der Waals surface area (Å²) in [4.78, 5) is 0. The Morgan fingerprint density at radius 3 is 2.68 bits per heavy atom. The molecule has 1 aromatic carbocycles. The second-order valence-electron chi connectivity index (χ2n) is 5.05. The van der Waals surface area contributed by atoms with Crippen LogP contribution in [0.3, 0.4) is 0 Å². The third kappa shape index (κ3) is 3.34.